The topological polar surface area (TPSA) is 59.0 Å². The first kappa shape index (κ1) is 17.0. The Labute approximate surface area is 151 Å². The minimum atomic E-state index is -0.214. The van der Waals surface area contributed by atoms with Crippen LogP contribution in [0.2, 0.25) is 5.02 Å². The van der Waals surface area contributed by atoms with E-state index in [1.807, 2.05) is 65.5 Å². The smallest absolute Gasteiger partial charge is 0.315 e. The lowest BCUT2D eigenvalue weighted by atomic mass is 10.1. The molecule has 6 heteroatoms. The number of nitrogens with one attached hydrogen (secondary N) is 2. The fraction of sp³-hybridized carbons (Fsp3) is 0.158. The Morgan fingerprint density at radius 3 is 2.56 bits per heavy atom. The van der Waals surface area contributed by atoms with Crippen molar-refractivity contribution in [3.05, 3.63) is 88.7 Å². The highest BCUT2D eigenvalue weighted by Crippen LogP contribution is 2.11. The number of rotatable bonds is 6. The number of urea groups is 1. The van der Waals surface area contributed by atoms with E-state index in [1.165, 1.54) is 0 Å². The maximum atomic E-state index is 12.0. The van der Waals surface area contributed by atoms with E-state index in [1.54, 1.807) is 6.20 Å². The molecular formula is C19H19ClN4O. The van der Waals surface area contributed by atoms with Gasteiger partial charge in [-0.3, -0.25) is 4.68 Å². The van der Waals surface area contributed by atoms with Crippen LogP contribution >= 0.6 is 11.6 Å². The van der Waals surface area contributed by atoms with Crippen LogP contribution in [0.3, 0.4) is 0 Å². The van der Waals surface area contributed by atoms with Crippen molar-refractivity contribution in [1.29, 1.82) is 0 Å². The van der Waals surface area contributed by atoms with Crippen LogP contribution in [-0.2, 0) is 19.6 Å². The highest BCUT2D eigenvalue weighted by molar-refractivity contribution is 6.30. The van der Waals surface area contributed by atoms with E-state index < -0.39 is 0 Å². The van der Waals surface area contributed by atoms with Crippen molar-refractivity contribution in [2.75, 3.05) is 0 Å². The van der Waals surface area contributed by atoms with Gasteiger partial charge in [0.1, 0.15) is 0 Å². The molecule has 2 amide bonds. The Kier molecular flexibility index (Phi) is 5.69. The third-order valence-corrected chi connectivity index (χ3v) is 4.03. The molecule has 5 nitrogen and oxygen atoms in total. The first-order chi connectivity index (χ1) is 12.2. The van der Waals surface area contributed by atoms with Crippen LogP contribution in [0.4, 0.5) is 4.79 Å². The van der Waals surface area contributed by atoms with Crippen molar-refractivity contribution in [2.45, 2.75) is 19.6 Å². The van der Waals surface area contributed by atoms with Crippen molar-refractivity contribution < 1.29 is 4.79 Å². The van der Waals surface area contributed by atoms with Crippen LogP contribution in [0.15, 0.2) is 67.0 Å². The van der Waals surface area contributed by atoms with Gasteiger partial charge in [0.25, 0.3) is 0 Å². The molecule has 1 heterocycles. The molecule has 0 radical (unpaired) electrons. The predicted octanol–water partition coefficient (Wildman–Crippen LogP) is 3.58. The lowest BCUT2D eigenvalue weighted by molar-refractivity contribution is 0.240. The highest BCUT2D eigenvalue weighted by Gasteiger charge is 2.06. The summed E-state index contributed by atoms with van der Waals surface area (Å²) in [5.41, 5.74) is 3.15. The summed E-state index contributed by atoms with van der Waals surface area (Å²) < 4.78 is 1.86. The molecule has 0 saturated carbocycles. The van der Waals surface area contributed by atoms with Gasteiger partial charge in [0.2, 0.25) is 0 Å². The molecule has 2 aromatic carbocycles. The molecule has 1 aromatic heterocycles. The number of aromatic nitrogens is 2. The second-order valence-electron chi connectivity index (χ2n) is 5.64. The summed E-state index contributed by atoms with van der Waals surface area (Å²) >= 11 is 5.94. The molecule has 0 saturated heterocycles. The summed E-state index contributed by atoms with van der Waals surface area (Å²) in [5, 5.41) is 10.6. The van der Waals surface area contributed by atoms with Gasteiger partial charge < -0.3 is 10.6 Å². The van der Waals surface area contributed by atoms with Crippen LogP contribution in [0, 0.1) is 0 Å². The molecule has 0 aliphatic rings. The quantitative estimate of drug-likeness (QED) is 0.710. The molecule has 0 aliphatic carbocycles. The van der Waals surface area contributed by atoms with Crippen LogP contribution in [0.5, 0.6) is 0 Å². The molecular weight excluding hydrogens is 336 g/mol. The molecule has 0 atom stereocenters. The van der Waals surface area contributed by atoms with Gasteiger partial charge in [-0.05, 0) is 34.9 Å². The lowest BCUT2D eigenvalue weighted by Gasteiger charge is -2.12. The number of nitrogens with zero attached hydrogens (tertiary/aromatic N) is 2. The Morgan fingerprint density at radius 1 is 1.00 bits per heavy atom. The number of carbonyl (C=O) groups is 1. The molecule has 2 N–H and O–H groups in total. The van der Waals surface area contributed by atoms with Gasteiger partial charge in [0.05, 0.1) is 6.54 Å². The first-order valence-electron chi connectivity index (χ1n) is 8.01. The minimum absolute atomic E-state index is 0.214. The van der Waals surface area contributed by atoms with Crippen LogP contribution < -0.4 is 10.6 Å². The van der Waals surface area contributed by atoms with Crippen molar-refractivity contribution in [1.82, 2.24) is 20.4 Å². The third kappa shape index (κ3) is 5.09. The highest BCUT2D eigenvalue weighted by atomic mass is 35.5. The number of hydrogen-bond acceptors (Lipinski definition) is 2. The minimum Gasteiger partial charge on any atom is -0.334 e. The molecule has 0 fully saturated rings. The Hall–Kier alpha value is -2.79. The molecule has 0 spiro atoms. The van der Waals surface area contributed by atoms with E-state index >= 15 is 0 Å². The molecule has 3 aromatic rings. The first-order valence-corrected chi connectivity index (χ1v) is 8.39. The van der Waals surface area contributed by atoms with Crippen LogP contribution in [0.1, 0.15) is 16.7 Å². The van der Waals surface area contributed by atoms with Crippen molar-refractivity contribution >= 4 is 17.6 Å². The summed E-state index contributed by atoms with van der Waals surface area (Å²) in [6.07, 6.45) is 3.67. The van der Waals surface area contributed by atoms with E-state index in [4.69, 9.17) is 11.6 Å². The molecule has 0 aliphatic heterocycles. The number of halogens is 1. The van der Waals surface area contributed by atoms with E-state index in [0.717, 1.165) is 16.7 Å². The predicted molar refractivity (Wildman–Crippen MR) is 98.3 cm³/mol. The van der Waals surface area contributed by atoms with E-state index in [-0.39, 0.29) is 6.03 Å². The molecule has 0 bridgehead atoms. The monoisotopic (exact) mass is 354 g/mol. The van der Waals surface area contributed by atoms with Crippen molar-refractivity contribution in [2.24, 2.45) is 0 Å². The van der Waals surface area contributed by atoms with Gasteiger partial charge >= 0.3 is 6.03 Å². The SMILES string of the molecule is O=C(NCc1cccc(Cl)c1)NCc1ccccc1Cn1cccn1. The summed E-state index contributed by atoms with van der Waals surface area (Å²) in [6, 6.07) is 17.1. The van der Waals surface area contributed by atoms with E-state index in [9.17, 15) is 4.79 Å². The van der Waals surface area contributed by atoms with Gasteiger partial charge in [0, 0.05) is 30.5 Å². The normalized spacial score (nSPS) is 10.4. The van der Waals surface area contributed by atoms with Crippen molar-refractivity contribution in [3.8, 4) is 0 Å². The third-order valence-electron chi connectivity index (χ3n) is 3.79. The van der Waals surface area contributed by atoms with E-state index in [0.29, 0.717) is 24.7 Å². The average molecular weight is 355 g/mol. The largest absolute Gasteiger partial charge is 0.334 e. The standard InChI is InChI=1S/C19H19ClN4O/c20-18-8-3-5-15(11-18)12-21-19(25)22-13-16-6-1-2-7-17(16)14-24-10-4-9-23-24/h1-11H,12-14H2,(H2,21,22,25). The van der Waals surface area contributed by atoms with Crippen LogP contribution in [0.25, 0.3) is 0 Å². The Balaban J connectivity index is 1.53. The maximum Gasteiger partial charge on any atom is 0.315 e. The average Bonchev–Trinajstić information content (AvgIpc) is 3.12. The van der Waals surface area contributed by atoms with Crippen molar-refractivity contribution in [3.63, 3.8) is 0 Å². The summed E-state index contributed by atoms with van der Waals surface area (Å²) in [5.74, 6) is 0. The number of hydrogen-bond donors (Lipinski definition) is 2. The Bertz CT molecular complexity index is 833. The van der Waals surface area contributed by atoms with Gasteiger partial charge in [-0.1, -0.05) is 48.0 Å². The Morgan fingerprint density at radius 2 is 1.80 bits per heavy atom. The van der Waals surface area contributed by atoms with Gasteiger partial charge in [0.15, 0.2) is 0 Å². The fourth-order valence-electron chi connectivity index (χ4n) is 2.52. The second kappa shape index (κ2) is 8.35. The lowest BCUT2D eigenvalue weighted by Crippen LogP contribution is -2.34. The molecule has 3 rings (SSSR count). The number of amides is 2. The molecule has 25 heavy (non-hydrogen) atoms. The summed E-state index contributed by atoms with van der Waals surface area (Å²) in [7, 11) is 0. The zero-order chi connectivity index (χ0) is 17.5. The van der Waals surface area contributed by atoms with Gasteiger partial charge in [-0.2, -0.15) is 5.10 Å². The maximum absolute atomic E-state index is 12.0. The van der Waals surface area contributed by atoms with Gasteiger partial charge in [-0.15, -0.1) is 0 Å². The van der Waals surface area contributed by atoms with Gasteiger partial charge in [-0.25, -0.2) is 4.79 Å². The second-order valence-corrected chi connectivity index (χ2v) is 6.07. The number of carbonyl (C=O) groups excluding carboxylic acids is 1. The fourth-order valence-corrected chi connectivity index (χ4v) is 2.73. The zero-order valence-electron chi connectivity index (χ0n) is 13.7. The van der Waals surface area contributed by atoms with Crippen LogP contribution in [-0.4, -0.2) is 15.8 Å². The summed E-state index contributed by atoms with van der Waals surface area (Å²) in [6.45, 7) is 1.56. The summed E-state index contributed by atoms with van der Waals surface area (Å²) in [4.78, 5) is 12.0. The molecule has 0 unspecified atom stereocenters. The number of benzene rings is 2. The zero-order valence-corrected chi connectivity index (χ0v) is 14.4. The molecule has 128 valence electrons. The van der Waals surface area contributed by atoms with E-state index in [2.05, 4.69) is 15.7 Å².